The predicted octanol–water partition coefficient (Wildman–Crippen LogP) is 0.749. The fourth-order valence-electron chi connectivity index (χ4n) is 2.53. The Morgan fingerprint density at radius 2 is 2.19 bits per heavy atom. The van der Waals surface area contributed by atoms with Crippen molar-refractivity contribution in [1.29, 1.82) is 0 Å². The number of amides is 2. The summed E-state index contributed by atoms with van der Waals surface area (Å²) in [6, 6.07) is 2.11. The third-order valence-corrected chi connectivity index (χ3v) is 5.01. The van der Waals surface area contributed by atoms with Gasteiger partial charge in [-0.15, -0.1) is 11.3 Å². The summed E-state index contributed by atoms with van der Waals surface area (Å²) in [5.74, 6) is 0.546. The van der Waals surface area contributed by atoms with E-state index in [1.54, 1.807) is 11.3 Å². The van der Waals surface area contributed by atoms with E-state index in [1.165, 1.54) is 10.4 Å². The average molecular weight is 307 g/mol. The van der Waals surface area contributed by atoms with Crippen LogP contribution < -0.4 is 10.6 Å². The molecule has 2 N–H and O–H groups in total. The molecule has 2 aliphatic rings. The molecule has 0 aromatic carbocycles. The average Bonchev–Trinajstić information content (AvgIpc) is 3.24. The predicted molar refractivity (Wildman–Crippen MR) is 82.0 cm³/mol. The molecule has 2 amide bonds. The van der Waals surface area contributed by atoms with Gasteiger partial charge >= 0.3 is 0 Å². The number of carbonyl (C=O) groups is 2. The first-order chi connectivity index (χ1) is 10.2. The van der Waals surface area contributed by atoms with Crippen LogP contribution in [0, 0.1) is 5.92 Å². The Bertz CT molecular complexity index is 525. The number of carbonyl (C=O) groups excluding carboxylic acids is 2. The molecule has 0 atom stereocenters. The lowest BCUT2D eigenvalue weighted by molar-refractivity contribution is -0.131. The van der Waals surface area contributed by atoms with Crippen molar-refractivity contribution < 1.29 is 9.59 Å². The minimum atomic E-state index is 0.139. The maximum absolute atomic E-state index is 12.1. The van der Waals surface area contributed by atoms with Gasteiger partial charge in [0.15, 0.2) is 0 Å². The highest BCUT2D eigenvalue weighted by molar-refractivity contribution is 7.10. The number of nitrogens with zero attached hydrogens (tertiary/aromatic N) is 1. The Morgan fingerprint density at radius 3 is 3.00 bits per heavy atom. The lowest BCUT2D eigenvalue weighted by Gasteiger charge is -2.27. The van der Waals surface area contributed by atoms with E-state index < -0.39 is 0 Å². The lowest BCUT2D eigenvalue weighted by Crippen LogP contribution is -2.42. The first kappa shape index (κ1) is 14.5. The van der Waals surface area contributed by atoms with Crippen molar-refractivity contribution in [3.63, 3.8) is 0 Å². The van der Waals surface area contributed by atoms with Crippen molar-refractivity contribution in [3.8, 4) is 0 Å². The van der Waals surface area contributed by atoms with E-state index in [1.807, 2.05) is 4.90 Å². The molecule has 1 aromatic rings. The van der Waals surface area contributed by atoms with Gasteiger partial charge in [-0.05, 0) is 36.3 Å². The molecule has 0 spiro atoms. The van der Waals surface area contributed by atoms with Crippen LogP contribution >= 0.6 is 11.3 Å². The van der Waals surface area contributed by atoms with Crippen LogP contribution in [0.1, 0.15) is 23.3 Å². The molecule has 1 fully saturated rings. The molecule has 1 aliphatic heterocycles. The molecule has 3 rings (SSSR count). The molecular formula is C15H21N3O2S. The van der Waals surface area contributed by atoms with E-state index >= 15 is 0 Å². The monoisotopic (exact) mass is 307 g/mol. The molecule has 2 heterocycles. The van der Waals surface area contributed by atoms with Gasteiger partial charge in [0.05, 0.1) is 6.54 Å². The van der Waals surface area contributed by atoms with Gasteiger partial charge in [0.1, 0.15) is 0 Å². The van der Waals surface area contributed by atoms with Crippen molar-refractivity contribution >= 4 is 23.2 Å². The van der Waals surface area contributed by atoms with Gasteiger partial charge in [-0.2, -0.15) is 0 Å². The second-order valence-corrected chi connectivity index (χ2v) is 6.68. The zero-order valence-corrected chi connectivity index (χ0v) is 12.9. The first-order valence-corrected chi connectivity index (χ1v) is 8.43. The van der Waals surface area contributed by atoms with Crippen LogP contribution in [0.25, 0.3) is 0 Å². The Balaban J connectivity index is 1.32. The van der Waals surface area contributed by atoms with Crippen LogP contribution in [-0.4, -0.2) is 42.9 Å². The van der Waals surface area contributed by atoms with Gasteiger partial charge in [-0.3, -0.25) is 9.59 Å². The van der Waals surface area contributed by atoms with Gasteiger partial charge < -0.3 is 15.5 Å². The van der Waals surface area contributed by atoms with E-state index in [4.69, 9.17) is 0 Å². The van der Waals surface area contributed by atoms with Crippen LogP contribution in [0.15, 0.2) is 11.4 Å². The molecule has 1 aliphatic carbocycles. The fourth-order valence-corrected chi connectivity index (χ4v) is 3.42. The Morgan fingerprint density at radius 1 is 1.33 bits per heavy atom. The summed E-state index contributed by atoms with van der Waals surface area (Å²) >= 11 is 1.78. The summed E-state index contributed by atoms with van der Waals surface area (Å²) in [6.45, 7) is 3.13. The topological polar surface area (TPSA) is 61.4 Å². The van der Waals surface area contributed by atoms with Gasteiger partial charge in [0.2, 0.25) is 11.8 Å². The maximum Gasteiger partial charge on any atom is 0.236 e. The molecule has 21 heavy (non-hydrogen) atoms. The number of hydrogen-bond donors (Lipinski definition) is 2. The lowest BCUT2D eigenvalue weighted by atomic mass is 10.1. The summed E-state index contributed by atoms with van der Waals surface area (Å²) in [6.07, 6.45) is 3.02. The SMILES string of the molecule is O=C(NCCNCC(=O)N1CCc2sccc2C1)C1CC1. The molecular weight excluding hydrogens is 286 g/mol. The zero-order chi connectivity index (χ0) is 14.7. The second-order valence-electron chi connectivity index (χ2n) is 5.68. The molecule has 1 aromatic heterocycles. The standard InChI is InChI=1S/C15H21N3O2S/c19-14(9-16-5-6-17-15(20)11-1-2-11)18-7-3-13-12(10-18)4-8-21-13/h4,8,11,16H,1-3,5-7,9-10H2,(H,17,20). The minimum Gasteiger partial charge on any atom is -0.355 e. The molecule has 0 radical (unpaired) electrons. The largest absolute Gasteiger partial charge is 0.355 e. The van der Waals surface area contributed by atoms with Crippen molar-refractivity contribution in [1.82, 2.24) is 15.5 Å². The minimum absolute atomic E-state index is 0.139. The molecule has 0 saturated heterocycles. The molecule has 0 unspecified atom stereocenters. The highest BCUT2D eigenvalue weighted by Crippen LogP contribution is 2.28. The van der Waals surface area contributed by atoms with Crippen LogP contribution in [0.4, 0.5) is 0 Å². The van der Waals surface area contributed by atoms with E-state index in [9.17, 15) is 9.59 Å². The second kappa shape index (κ2) is 6.58. The van der Waals surface area contributed by atoms with E-state index in [0.717, 1.165) is 32.4 Å². The number of hydrogen-bond acceptors (Lipinski definition) is 4. The molecule has 6 heteroatoms. The van der Waals surface area contributed by atoms with E-state index in [2.05, 4.69) is 22.1 Å². The highest BCUT2D eigenvalue weighted by atomic mass is 32.1. The summed E-state index contributed by atoms with van der Waals surface area (Å²) < 4.78 is 0. The summed E-state index contributed by atoms with van der Waals surface area (Å²) in [4.78, 5) is 26.9. The summed E-state index contributed by atoms with van der Waals surface area (Å²) in [7, 11) is 0. The number of fused-ring (bicyclic) bond motifs is 1. The third kappa shape index (κ3) is 3.83. The number of nitrogens with one attached hydrogen (secondary N) is 2. The maximum atomic E-state index is 12.1. The van der Waals surface area contributed by atoms with Crippen LogP contribution in [0.3, 0.4) is 0 Å². The molecule has 1 saturated carbocycles. The number of thiophene rings is 1. The Kier molecular flexibility index (Phi) is 4.55. The quantitative estimate of drug-likeness (QED) is 0.763. The Labute approximate surface area is 128 Å². The van der Waals surface area contributed by atoms with Crippen LogP contribution in [0.5, 0.6) is 0 Å². The van der Waals surface area contributed by atoms with Crippen molar-refractivity contribution in [2.45, 2.75) is 25.8 Å². The molecule has 0 bridgehead atoms. The van der Waals surface area contributed by atoms with Gasteiger partial charge in [-0.25, -0.2) is 0 Å². The first-order valence-electron chi connectivity index (χ1n) is 7.55. The third-order valence-electron chi connectivity index (χ3n) is 3.99. The van der Waals surface area contributed by atoms with E-state index in [0.29, 0.717) is 19.6 Å². The van der Waals surface area contributed by atoms with Gasteiger partial charge in [0.25, 0.3) is 0 Å². The van der Waals surface area contributed by atoms with Gasteiger partial charge in [0, 0.05) is 37.0 Å². The van der Waals surface area contributed by atoms with Crippen molar-refractivity contribution in [3.05, 3.63) is 21.9 Å². The number of rotatable bonds is 6. The fraction of sp³-hybridized carbons (Fsp3) is 0.600. The Hall–Kier alpha value is -1.40. The van der Waals surface area contributed by atoms with Crippen LogP contribution in [0.2, 0.25) is 0 Å². The van der Waals surface area contributed by atoms with E-state index in [-0.39, 0.29) is 17.7 Å². The summed E-state index contributed by atoms with van der Waals surface area (Å²) in [5, 5.41) is 8.09. The van der Waals surface area contributed by atoms with Gasteiger partial charge in [-0.1, -0.05) is 0 Å². The normalized spacial score (nSPS) is 17.4. The van der Waals surface area contributed by atoms with Crippen molar-refractivity contribution in [2.75, 3.05) is 26.2 Å². The van der Waals surface area contributed by atoms with Crippen LogP contribution in [-0.2, 0) is 22.6 Å². The highest BCUT2D eigenvalue weighted by Gasteiger charge is 2.29. The van der Waals surface area contributed by atoms with Crippen molar-refractivity contribution in [2.24, 2.45) is 5.92 Å². The zero-order valence-electron chi connectivity index (χ0n) is 12.1. The molecule has 114 valence electrons. The summed E-state index contributed by atoms with van der Waals surface area (Å²) in [5.41, 5.74) is 1.29. The smallest absolute Gasteiger partial charge is 0.236 e. The molecule has 5 nitrogen and oxygen atoms in total.